The van der Waals surface area contributed by atoms with E-state index in [1.54, 1.807) is 18.2 Å². The van der Waals surface area contributed by atoms with E-state index in [0.29, 0.717) is 22.8 Å². The molecular weight excluding hydrogens is 236 g/mol. The number of nitrogens with one attached hydrogen (secondary N) is 1. The van der Waals surface area contributed by atoms with Gasteiger partial charge in [-0.25, -0.2) is 0 Å². The van der Waals surface area contributed by atoms with Crippen LogP contribution in [0.1, 0.15) is 37.6 Å². The van der Waals surface area contributed by atoms with E-state index in [-0.39, 0.29) is 11.3 Å². The molecule has 0 spiro atoms. The highest BCUT2D eigenvalue weighted by molar-refractivity contribution is 6.31. The van der Waals surface area contributed by atoms with Crippen molar-refractivity contribution in [3.05, 3.63) is 28.8 Å². The van der Waals surface area contributed by atoms with E-state index >= 15 is 0 Å². The lowest BCUT2D eigenvalue weighted by Gasteiger charge is -2.23. The highest BCUT2D eigenvalue weighted by atomic mass is 35.5. The zero-order valence-electron chi connectivity index (χ0n) is 10.5. The molecule has 3 N–H and O–H groups in total. The summed E-state index contributed by atoms with van der Waals surface area (Å²) in [5.74, 6) is -0.152. The Labute approximate surface area is 107 Å². The largest absolute Gasteiger partial charge is 0.398 e. The number of carbonyl (C=O) groups excluding carboxylic acids is 1. The fourth-order valence-corrected chi connectivity index (χ4v) is 1.46. The highest BCUT2D eigenvalue weighted by Crippen LogP contribution is 2.20. The molecule has 94 valence electrons. The van der Waals surface area contributed by atoms with E-state index in [0.717, 1.165) is 6.42 Å². The van der Waals surface area contributed by atoms with Crippen molar-refractivity contribution in [2.45, 2.75) is 27.2 Å². The maximum absolute atomic E-state index is 11.9. The normalized spacial score (nSPS) is 11.3. The van der Waals surface area contributed by atoms with Gasteiger partial charge in [-0.2, -0.15) is 0 Å². The third-order valence-electron chi connectivity index (χ3n) is 2.94. The van der Waals surface area contributed by atoms with Gasteiger partial charge in [-0.15, -0.1) is 0 Å². The summed E-state index contributed by atoms with van der Waals surface area (Å²) in [5, 5.41) is 3.42. The van der Waals surface area contributed by atoms with Crippen LogP contribution in [0.3, 0.4) is 0 Å². The average Bonchev–Trinajstić information content (AvgIpc) is 2.26. The minimum absolute atomic E-state index is 0.0941. The fourth-order valence-electron chi connectivity index (χ4n) is 1.28. The molecule has 0 aromatic heterocycles. The number of nitrogens with two attached hydrogens (primary N) is 1. The Kier molecular flexibility index (Phi) is 4.40. The van der Waals surface area contributed by atoms with Crippen LogP contribution in [-0.2, 0) is 0 Å². The molecule has 0 heterocycles. The molecule has 0 bridgehead atoms. The van der Waals surface area contributed by atoms with Gasteiger partial charge in [0.2, 0.25) is 0 Å². The van der Waals surface area contributed by atoms with Crippen molar-refractivity contribution in [3.63, 3.8) is 0 Å². The Morgan fingerprint density at radius 2 is 2.12 bits per heavy atom. The Bertz CT molecular complexity index is 416. The van der Waals surface area contributed by atoms with Gasteiger partial charge < -0.3 is 11.1 Å². The minimum Gasteiger partial charge on any atom is -0.398 e. The summed E-state index contributed by atoms with van der Waals surface area (Å²) >= 11 is 5.78. The summed E-state index contributed by atoms with van der Waals surface area (Å²) in [6.07, 6.45) is 1.00. The van der Waals surface area contributed by atoms with Gasteiger partial charge in [0.05, 0.1) is 5.56 Å². The van der Waals surface area contributed by atoms with Crippen LogP contribution in [0.25, 0.3) is 0 Å². The van der Waals surface area contributed by atoms with Crippen LogP contribution in [0, 0.1) is 5.41 Å². The predicted molar refractivity (Wildman–Crippen MR) is 72.3 cm³/mol. The summed E-state index contributed by atoms with van der Waals surface area (Å²) < 4.78 is 0. The lowest BCUT2D eigenvalue weighted by atomic mass is 9.90. The molecule has 0 saturated carbocycles. The van der Waals surface area contributed by atoms with Crippen molar-refractivity contribution < 1.29 is 4.79 Å². The molecule has 3 nitrogen and oxygen atoms in total. The smallest absolute Gasteiger partial charge is 0.253 e. The predicted octanol–water partition coefficient (Wildman–Crippen LogP) is 3.09. The number of amides is 1. The van der Waals surface area contributed by atoms with Gasteiger partial charge in [-0.05, 0) is 30.0 Å². The van der Waals surface area contributed by atoms with Crippen LogP contribution in [0.2, 0.25) is 5.02 Å². The average molecular weight is 255 g/mol. The first-order chi connectivity index (χ1) is 7.85. The number of anilines is 1. The maximum Gasteiger partial charge on any atom is 0.253 e. The van der Waals surface area contributed by atoms with Gasteiger partial charge in [0.25, 0.3) is 5.91 Å². The van der Waals surface area contributed by atoms with Crippen molar-refractivity contribution in [2.24, 2.45) is 5.41 Å². The van der Waals surface area contributed by atoms with Crippen LogP contribution in [0.15, 0.2) is 18.2 Å². The van der Waals surface area contributed by atoms with E-state index in [4.69, 9.17) is 17.3 Å². The Morgan fingerprint density at radius 3 is 2.65 bits per heavy atom. The van der Waals surface area contributed by atoms with Crippen LogP contribution in [-0.4, -0.2) is 12.5 Å². The molecule has 0 fully saturated rings. The number of rotatable bonds is 4. The van der Waals surface area contributed by atoms with Gasteiger partial charge in [0.1, 0.15) is 0 Å². The SMILES string of the molecule is CCC(C)(C)CNC(=O)c1ccc(Cl)cc1N. The molecule has 4 heteroatoms. The van der Waals surface area contributed by atoms with Crippen molar-refractivity contribution in [2.75, 3.05) is 12.3 Å². The number of hydrogen-bond donors (Lipinski definition) is 2. The fraction of sp³-hybridized carbons (Fsp3) is 0.462. The Hall–Kier alpha value is -1.22. The second-order valence-corrected chi connectivity index (χ2v) is 5.37. The molecule has 0 unspecified atom stereocenters. The monoisotopic (exact) mass is 254 g/mol. The van der Waals surface area contributed by atoms with Crippen molar-refractivity contribution in [1.82, 2.24) is 5.32 Å². The van der Waals surface area contributed by atoms with E-state index in [9.17, 15) is 4.79 Å². The minimum atomic E-state index is -0.152. The molecule has 1 aromatic rings. The van der Waals surface area contributed by atoms with E-state index in [1.807, 2.05) is 0 Å². The number of benzene rings is 1. The van der Waals surface area contributed by atoms with E-state index in [2.05, 4.69) is 26.1 Å². The molecule has 0 aliphatic carbocycles. The summed E-state index contributed by atoms with van der Waals surface area (Å²) in [6.45, 7) is 6.95. The van der Waals surface area contributed by atoms with Crippen LogP contribution in [0.5, 0.6) is 0 Å². The standard InChI is InChI=1S/C13H19ClN2O/c1-4-13(2,3)8-16-12(17)10-6-5-9(14)7-11(10)15/h5-7H,4,8,15H2,1-3H3,(H,16,17). The van der Waals surface area contributed by atoms with Crippen LogP contribution >= 0.6 is 11.6 Å². The van der Waals surface area contributed by atoms with Crippen molar-refractivity contribution >= 4 is 23.2 Å². The second kappa shape index (κ2) is 5.41. The van der Waals surface area contributed by atoms with Gasteiger partial charge in [-0.3, -0.25) is 4.79 Å². The first-order valence-electron chi connectivity index (χ1n) is 5.69. The Morgan fingerprint density at radius 1 is 1.47 bits per heavy atom. The van der Waals surface area contributed by atoms with Crippen molar-refractivity contribution in [3.8, 4) is 0 Å². The van der Waals surface area contributed by atoms with Gasteiger partial charge in [0, 0.05) is 17.3 Å². The van der Waals surface area contributed by atoms with E-state index in [1.165, 1.54) is 0 Å². The van der Waals surface area contributed by atoms with Gasteiger partial charge in [-0.1, -0.05) is 32.4 Å². The summed E-state index contributed by atoms with van der Waals surface area (Å²) in [6, 6.07) is 4.89. The third-order valence-corrected chi connectivity index (χ3v) is 3.18. The number of carbonyl (C=O) groups is 1. The zero-order chi connectivity index (χ0) is 13.1. The quantitative estimate of drug-likeness (QED) is 0.812. The molecule has 1 amide bonds. The third kappa shape index (κ3) is 3.93. The lowest BCUT2D eigenvalue weighted by Crippen LogP contribution is -2.33. The molecule has 0 saturated heterocycles. The first-order valence-corrected chi connectivity index (χ1v) is 6.07. The molecule has 0 aliphatic heterocycles. The summed E-state index contributed by atoms with van der Waals surface area (Å²) in [7, 11) is 0. The second-order valence-electron chi connectivity index (χ2n) is 4.93. The molecule has 0 aliphatic rings. The first kappa shape index (κ1) is 13.8. The zero-order valence-corrected chi connectivity index (χ0v) is 11.3. The molecule has 0 atom stereocenters. The summed E-state index contributed by atoms with van der Waals surface area (Å²) in [5.41, 5.74) is 6.72. The number of halogens is 1. The molecule has 17 heavy (non-hydrogen) atoms. The summed E-state index contributed by atoms with van der Waals surface area (Å²) in [4.78, 5) is 11.9. The topological polar surface area (TPSA) is 55.1 Å². The Balaban J connectivity index is 2.71. The van der Waals surface area contributed by atoms with Gasteiger partial charge in [0.15, 0.2) is 0 Å². The van der Waals surface area contributed by atoms with Crippen LogP contribution in [0.4, 0.5) is 5.69 Å². The molecule has 0 radical (unpaired) electrons. The van der Waals surface area contributed by atoms with Crippen LogP contribution < -0.4 is 11.1 Å². The molecule has 1 rings (SSSR count). The van der Waals surface area contributed by atoms with Gasteiger partial charge >= 0.3 is 0 Å². The highest BCUT2D eigenvalue weighted by Gasteiger charge is 2.17. The van der Waals surface area contributed by atoms with E-state index < -0.39 is 0 Å². The maximum atomic E-state index is 11.9. The molecule has 1 aromatic carbocycles. The van der Waals surface area contributed by atoms with Crippen molar-refractivity contribution in [1.29, 1.82) is 0 Å². The number of nitrogen functional groups attached to an aromatic ring is 1. The number of hydrogen-bond acceptors (Lipinski definition) is 2. The lowest BCUT2D eigenvalue weighted by molar-refractivity contribution is 0.0936. The molecular formula is C13H19ClN2O.